The number of carbonyl (C=O) groups excluding carboxylic acids is 1. The zero-order chi connectivity index (χ0) is 16.4. The van der Waals surface area contributed by atoms with E-state index in [0.29, 0.717) is 30.4 Å². The molecule has 2 aromatic heterocycles. The van der Waals surface area contributed by atoms with Crippen LogP contribution >= 0.6 is 15.9 Å². The van der Waals surface area contributed by atoms with Gasteiger partial charge in [-0.2, -0.15) is 0 Å². The van der Waals surface area contributed by atoms with Gasteiger partial charge in [0.2, 0.25) is 11.8 Å². The minimum Gasteiger partial charge on any atom is -0.479 e. The van der Waals surface area contributed by atoms with Gasteiger partial charge in [0.15, 0.2) is 0 Å². The maximum Gasteiger partial charge on any atom is 0.261 e. The van der Waals surface area contributed by atoms with Gasteiger partial charge in [-0.15, -0.1) is 5.10 Å². The number of ether oxygens (including phenoxy) is 2. The third-order valence-electron chi connectivity index (χ3n) is 3.65. The van der Waals surface area contributed by atoms with Gasteiger partial charge in [-0.05, 0) is 28.1 Å². The Hall–Kier alpha value is -2.09. The Morgan fingerprint density at radius 2 is 2.26 bits per heavy atom. The maximum absolute atomic E-state index is 12.6. The molecule has 0 bridgehead atoms. The summed E-state index contributed by atoms with van der Waals surface area (Å²) >= 11 is 3.41. The van der Waals surface area contributed by atoms with Gasteiger partial charge in [0, 0.05) is 32.4 Å². The van der Waals surface area contributed by atoms with Crippen molar-refractivity contribution in [3.8, 4) is 11.8 Å². The SMILES string of the molecule is COc1nn(C)cc1C(=O)N1CCC(Oc2ncccc2Br)C1. The lowest BCUT2D eigenvalue weighted by Crippen LogP contribution is -2.31. The smallest absolute Gasteiger partial charge is 0.261 e. The van der Waals surface area contributed by atoms with E-state index in [-0.39, 0.29) is 12.0 Å². The third-order valence-corrected chi connectivity index (χ3v) is 4.26. The first kappa shape index (κ1) is 15.8. The molecule has 2 aromatic rings. The number of amides is 1. The second-order valence-corrected chi connectivity index (χ2v) is 6.15. The summed E-state index contributed by atoms with van der Waals surface area (Å²) in [6.45, 7) is 1.14. The van der Waals surface area contributed by atoms with Crippen LogP contribution in [0.5, 0.6) is 11.8 Å². The van der Waals surface area contributed by atoms with Gasteiger partial charge in [-0.3, -0.25) is 9.48 Å². The minimum absolute atomic E-state index is 0.0761. The van der Waals surface area contributed by atoms with Crippen LogP contribution in [0, 0.1) is 0 Å². The summed E-state index contributed by atoms with van der Waals surface area (Å²) in [6, 6.07) is 3.71. The van der Waals surface area contributed by atoms with Crippen LogP contribution in [0.2, 0.25) is 0 Å². The second kappa shape index (κ2) is 6.57. The molecule has 3 heterocycles. The van der Waals surface area contributed by atoms with E-state index >= 15 is 0 Å². The number of nitrogens with zero attached hydrogens (tertiary/aromatic N) is 4. The van der Waals surface area contributed by atoms with E-state index in [1.807, 2.05) is 12.1 Å². The molecular formula is C15H17BrN4O3. The van der Waals surface area contributed by atoms with E-state index in [0.717, 1.165) is 10.9 Å². The molecule has 1 aliphatic heterocycles. The Balaban J connectivity index is 1.67. The molecule has 1 atom stereocenters. The standard InChI is InChI=1S/C15H17BrN4O3/c1-19-9-11(13(18-19)22-2)15(21)20-7-5-10(8-20)23-14-12(16)4-3-6-17-14/h3-4,6,9-10H,5,7-8H2,1-2H3. The minimum atomic E-state index is -0.0962. The van der Waals surface area contributed by atoms with Crippen LogP contribution in [0.25, 0.3) is 0 Å². The Morgan fingerprint density at radius 1 is 1.43 bits per heavy atom. The first-order valence-electron chi connectivity index (χ1n) is 7.22. The van der Waals surface area contributed by atoms with Gasteiger partial charge >= 0.3 is 0 Å². The third kappa shape index (κ3) is 3.31. The van der Waals surface area contributed by atoms with Crippen molar-refractivity contribution >= 4 is 21.8 Å². The zero-order valence-corrected chi connectivity index (χ0v) is 14.5. The molecule has 1 fully saturated rings. The molecule has 0 aliphatic carbocycles. The highest BCUT2D eigenvalue weighted by Crippen LogP contribution is 2.26. The fourth-order valence-corrected chi connectivity index (χ4v) is 2.91. The highest BCUT2D eigenvalue weighted by atomic mass is 79.9. The van der Waals surface area contributed by atoms with Gasteiger partial charge in [-0.1, -0.05) is 0 Å². The Kier molecular flexibility index (Phi) is 4.51. The largest absolute Gasteiger partial charge is 0.479 e. The van der Waals surface area contributed by atoms with Crippen molar-refractivity contribution in [2.75, 3.05) is 20.2 Å². The van der Waals surface area contributed by atoms with Crippen molar-refractivity contribution in [1.29, 1.82) is 0 Å². The van der Waals surface area contributed by atoms with Crippen LogP contribution in [-0.4, -0.2) is 51.9 Å². The van der Waals surface area contributed by atoms with Crippen molar-refractivity contribution in [3.05, 3.63) is 34.6 Å². The molecule has 0 N–H and O–H groups in total. The average molecular weight is 381 g/mol. The van der Waals surface area contributed by atoms with E-state index in [1.54, 1.807) is 29.0 Å². The molecular weight excluding hydrogens is 364 g/mol. The number of pyridine rings is 1. The van der Waals surface area contributed by atoms with E-state index in [4.69, 9.17) is 9.47 Å². The number of aromatic nitrogens is 3. The number of methoxy groups -OCH3 is 1. The van der Waals surface area contributed by atoms with Crippen LogP contribution < -0.4 is 9.47 Å². The molecule has 3 rings (SSSR count). The lowest BCUT2D eigenvalue weighted by atomic mass is 10.3. The zero-order valence-electron chi connectivity index (χ0n) is 12.9. The molecule has 8 heteroatoms. The maximum atomic E-state index is 12.6. The number of rotatable bonds is 4. The molecule has 122 valence electrons. The number of likely N-dealkylation sites (tertiary alicyclic amines) is 1. The molecule has 0 spiro atoms. The Bertz CT molecular complexity index is 718. The quantitative estimate of drug-likeness (QED) is 0.809. The molecule has 1 aliphatic rings. The van der Waals surface area contributed by atoms with E-state index < -0.39 is 0 Å². The normalized spacial score (nSPS) is 17.3. The second-order valence-electron chi connectivity index (χ2n) is 5.30. The van der Waals surface area contributed by atoms with Gasteiger partial charge in [0.25, 0.3) is 5.91 Å². The summed E-state index contributed by atoms with van der Waals surface area (Å²) in [5.74, 6) is 0.793. The topological polar surface area (TPSA) is 69.5 Å². The summed E-state index contributed by atoms with van der Waals surface area (Å²) in [7, 11) is 3.27. The van der Waals surface area contributed by atoms with Crippen molar-refractivity contribution in [2.45, 2.75) is 12.5 Å². The number of carbonyl (C=O) groups is 1. The highest BCUT2D eigenvalue weighted by Gasteiger charge is 2.31. The Labute approximate surface area is 142 Å². The number of aryl methyl sites for hydroxylation is 1. The van der Waals surface area contributed by atoms with Crippen LogP contribution in [0.3, 0.4) is 0 Å². The van der Waals surface area contributed by atoms with Crippen LogP contribution in [0.1, 0.15) is 16.8 Å². The van der Waals surface area contributed by atoms with Crippen LogP contribution in [0.4, 0.5) is 0 Å². The van der Waals surface area contributed by atoms with Crippen LogP contribution in [-0.2, 0) is 7.05 Å². The molecule has 0 radical (unpaired) electrons. The summed E-state index contributed by atoms with van der Waals surface area (Å²) in [5, 5.41) is 4.12. The lowest BCUT2D eigenvalue weighted by Gasteiger charge is -2.17. The van der Waals surface area contributed by atoms with E-state index in [9.17, 15) is 4.79 Å². The monoisotopic (exact) mass is 380 g/mol. The predicted octanol–water partition coefficient (Wildman–Crippen LogP) is 1.88. The summed E-state index contributed by atoms with van der Waals surface area (Å²) in [6.07, 6.45) is 4.04. The fraction of sp³-hybridized carbons (Fsp3) is 0.400. The number of hydrogen-bond acceptors (Lipinski definition) is 5. The number of halogens is 1. The van der Waals surface area contributed by atoms with Gasteiger partial charge in [0.05, 0.1) is 18.1 Å². The number of hydrogen-bond donors (Lipinski definition) is 0. The van der Waals surface area contributed by atoms with Crippen LogP contribution in [0.15, 0.2) is 29.0 Å². The molecule has 1 unspecified atom stereocenters. The fourth-order valence-electron chi connectivity index (χ4n) is 2.56. The predicted molar refractivity (Wildman–Crippen MR) is 86.6 cm³/mol. The van der Waals surface area contributed by atoms with Gasteiger partial charge < -0.3 is 14.4 Å². The first-order valence-corrected chi connectivity index (χ1v) is 8.02. The van der Waals surface area contributed by atoms with Crippen molar-refractivity contribution in [1.82, 2.24) is 19.7 Å². The molecule has 7 nitrogen and oxygen atoms in total. The van der Waals surface area contributed by atoms with Gasteiger partial charge in [0.1, 0.15) is 11.7 Å². The first-order chi connectivity index (χ1) is 11.1. The van der Waals surface area contributed by atoms with Crippen molar-refractivity contribution in [2.24, 2.45) is 7.05 Å². The van der Waals surface area contributed by atoms with E-state index in [2.05, 4.69) is 26.0 Å². The molecule has 1 amide bonds. The molecule has 0 saturated carbocycles. The molecule has 23 heavy (non-hydrogen) atoms. The van der Waals surface area contributed by atoms with Crippen molar-refractivity contribution < 1.29 is 14.3 Å². The van der Waals surface area contributed by atoms with Gasteiger partial charge in [-0.25, -0.2) is 4.98 Å². The van der Waals surface area contributed by atoms with Crippen molar-refractivity contribution in [3.63, 3.8) is 0 Å². The average Bonchev–Trinajstić information content (AvgIpc) is 3.15. The summed E-state index contributed by atoms with van der Waals surface area (Å²) < 4.78 is 13.4. The summed E-state index contributed by atoms with van der Waals surface area (Å²) in [4.78, 5) is 18.6. The lowest BCUT2D eigenvalue weighted by molar-refractivity contribution is 0.0767. The molecule has 1 saturated heterocycles. The Morgan fingerprint density at radius 3 is 3.00 bits per heavy atom. The van der Waals surface area contributed by atoms with E-state index in [1.165, 1.54) is 7.11 Å². The highest BCUT2D eigenvalue weighted by molar-refractivity contribution is 9.10. The summed E-state index contributed by atoms with van der Waals surface area (Å²) in [5.41, 5.74) is 0.467. The molecule has 0 aromatic carbocycles.